The molecule has 0 atom stereocenters. The molecule has 0 unspecified atom stereocenters. The highest BCUT2D eigenvalue weighted by atomic mass is 32.2. The molecule has 0 saturated carbocycles. The van der Waals surface area contributed by atoms with Crippen molar-refractivity contribution in [2.45, 2.75) is 18.1 Å². The van der Waals surface area contributed by atoms with Gasteiger partial charge in [-0.05, 0) is 30.3 Å². The number of nitrogens with zero attached hydrogens (tertiary/aromatic N) is 1. The first-order chi connectivity index (χ1) is 13.8. The van der Waals surface area contributed by atoms with Gasteiger partial charge in [-0.2, -0.15) is 0 Å². The van der Waals surface area contributed by atoms with Gasteiger partial charge in [0.05, 0.1) is 11.9 Å². The van der Waals surface area contributed by atoms with Gasteiger partial charge in [-0.15, -0.1) is 13.2 Å². The number of oxazole rings is 1. The second-order valence-corrected chi connectivity index (χ2v) is 6.64. The number of thioether (sulfide) groups is 1. The van der Waals surface area contributed by atoms with Crippen molar-refractivity contribution in [2.24, 2.45) is 0 Å². The highest BCUT2D eigenvalue weighted by Crippen LogP contribution is 2.27. The second-order valence-electron chi connectivity index (χ2n) is 5.72. The lowest BCUT2D eigenvalue weighted by Gasteiger charge is -2.13. The van der Waals surface area contributed by atoms with Crippen molar-refractivity contribution < 1.29 is 31.5 Å². The Kier molecular flexibility index (Phi) is 6.42. The van der Waals surface area contributed by atoms with E-state index in [9.17, 15) is 22.4 Å². The second kappa shape index (κ2) is 8.99. The minimum atomic E-state index is -4.82. The number of rotatable bonds is 7. The van der Waals surface area contributed by atoms with Crippen molar-refractivity contribution in [3.05, 3.63) is 66.1 Å². The van der Waals surface area contributed by atoms with Gasteiger partial charge in [-0.1, -0.05) is 30.0 Å². The molecule has 1 heterocycles. The molecule has 0 radical (unpaired) electrons. The van der Waals surface area contributed by atoms with Gasteiger partial charge in [-0.3, -0.25) is 4.79 Å². The van der Waals surface area contributed by atoms with Gasteiger partial charge in [0.1, 0.15) is 11.6 Å². The van der Waals surface area contributed by atoms with Crippen LogP contribution in [0.25, 0.3) is 11.3 Å². The third kappa shape index (κ3) is 6.24. The molecular weight excluding hydrogens is 412 g/mol. The monoisotopic (exact) mass is 426 g/mol. The Morgan fingerprint density at radius 3 is 2.59 bits per heavy atom. The van der Waals surface area contributed by atoms with Gasteiger partial charge in [-0.25, -0.2) is 9.37 Å². The molecule has 1 N–H and O–H groups in total. The SMILES string of the molecule is O=C(CSc1ncc(-c2ccc(F)cc2)o1)NCc1ccccc1OC(F)(F)F. The molecule has 0 aliphatic carbocycles. The molecule has 5 nitrogen and oxygen atoms in total. The smallest absolute Gasteiger partial charge is 0.431 e. The maximum atomic E-state index is 13.0. The fourth-order valence-electron chi connectivity index (χ4n) is 2.32. The first-order valence-electron chi connectivity index (χ1n) is 8.25. The molecule has 29 heavy (non-hydrogen) atoms. The number of hydrogen-bond acceptors (Lipinski definition) is 5. The summed E-state index contributed by atoms with van der Waals surface area (Å²) < 4.78 is 59.7. The molecule has 3 aromatic rings. The van der Waals surface area contributed by atoms with E-state index in [-0.39, 0.29) is 34.7 Å². The largest absolute Gasteiger partial charge is 0.573 e. The molecule has 2 aromatic carbocycles. The van der Waals surface area contributed by atoms with Gasteiger partial charge < -0.3 is 14.5 Å². The molecule has 0 saturated heterocycles. The maximum Gasteiger partial charge on any atom is 0.573 e. The topological polar surface area (TPSA) is 64.4 Å². The Morgan fingerprint density at radius 1 is 1.14 bits per heavy atom. The van der Waals surface area contributed by atoms with Crippen molar-refractivity contribution in [3.8, 4) is 17.1 Å². The summed E-state index contributed by atoms with van der Waals surface area (Å²) in [4.78, 5) is 16.0. The summed E-state index contributed by atoms with van der Waals surface area (Å²) in [6.45, 7) is -0.127. The molecule has 0 aliphatic rings. The number of amides is 1. The molecular formula is C19H14F4N2O3S. The number of aromatic nitrogens is 1. The zero-order valence-corrected chi connectivity index (χ0v) is 15.5. The van der Waals surface area contributed by atoms with Crippen LogP contribution in [0.4, 0.5) is 17.6 Å². The van der Waals surface area contributed by atoms with Crippen molar-refractivity contribution in [1.29, 1.82) is 0 Å². The van der Waals surface area contributed by atoms with Crippen molar-refractivity contribution in [2.75, 3.05) is 5.75 Å². The predicted molar refractivity (Wildman–Crippen MR) is 97.6 cm³/mol. The van der Waals surface area contributed by atoms with E-state index in [0.717, 1.165) is 11.8 Å². The van der Waals surface area contributed by atoms with Crippen LogP contribution in [0, 0.1) is 5.82 Å². The molecule has 1 aromatic heterocycles. The van der Waals surface area contributed by atoms with Crippen LogP contribution in [0.2, 0.25) is 0 Å². The van der Waals surface area contributed by atoms with Crippen LogP contribution in [0.3, 0.4) is 0 Å². The van der Waals surface area contributed by atoms with E-state index < -0.39 is 12.3 Å². The minimum Gasteiger partial charge on any atom is -0.431 e. The Labute approximate surface area is 167 Å². The molecule has 152 valence electrons. The fraction of sp³-hybridized carbons (Fsp3) is 0.158. The Hall–Kier alpha value is -3.01. The standard InChI is InChI=1S/C19H14F4N2O3S/c20-14-7-5-12(6-8-14)16-10-25-18(27-16)29-11-17(26)24-9-13-3-1-2-4-15(13)28-19(21,22)23/h1-8,10H,9,11H2,(H,24,26). The number of ether oxygens (including phenoxy) is 1. The first kappa shape index (κ1) is 20.7. The van der Waals surface area contributed by atoms with E-state index in [1.165, 1.54) is 48.7 Å². The Bertz CT molecular complexity index is 974. The van der Waals surface area contributed by atoms with Crippen molar-refractivity contribution in [1.82, 2.24) is 10.3 Å². The van der Waals surface area contributed by atoms with Gasteiger partial charge in [0.15, 0.2) is 5.76 Å². The zero-order valence-electron chi connectivity index (χ0n) is 14.7. The third-order valence-electron chi connectivity index (χ3n) is 3.61. The molecule has 0 fully saturated rings. The van der Waals surface area contributed by atoms with Gasteiger partial charge in [0.25, 0.3) is 5.22 Å². The summed E-state index contributed by atoms with van der Waals surface area (Å²) in [5, 5.41) is 2.76. The number of nitrogens with one attached hydrogen (secondary N) is 1. The number of alkyl halides is 3. The molecule has 0 bridgehead atoms. The molecule has 1 amide bonds. The lowest BCUT2D eigenvalue weighted by atomic mass is 10.2. The average Bonchev–Trinajstić information content (AvgIpc) is 3.14. The minimum absolute atomic E-state index is 0.0499. The number of para-hydroxylation sites is 1. The van der Waals surface area contributed by atoms with Crippen LogP contribution >= 0.6 is 11.8 Å². The van der Waals surface area contributed by atoms with Gasteiger partial charge in [0.2, 0.25) is 5.91 Å². The molecule has 0 aliphatic heterocycles. The average molecular weight is 426 g/mol. The van der Waals surface area contributed by atoms with Crippen molar-refractivity contribution in [3.63, 3.8) is 0 Å². The van der Waals surface area contributed by atoms with E-state index in [0.29, 0.717) is 11.3 Å². The highest BCUT2D eigenvalue weighted by Gasteiger charge is 2.32. The third-order valence-corrected chi connectivity index (χ3v) is 4.46. The van der Waals surface area contributed by atoms with E-state index in [2.05, 4.69) is 15.0 Å². The van der Waals surface area contributed by atoms with E-state index in [1.54, 1.807) is 6.07 Å². The number of carbonyl (C=O) groups is 1. The molecule has 10 heteroatoms. The fourth-order valence-corrected chi connectivity index (χ4v) is 2.95. The Morgan fingerprint density at radius 2 is 1.86 bits per heavy atom. The maximum absolute atomic E-state index is 13.0. The van der Waals surface area contributed by atoms with Crippen molar-refractivity contribution >= 4 is 17.7 Å². The summed E-state index contributed by atoms with van der Waals surface area (Å²) in [6.07, 6.45) is -3.36. The zero-order chi connectivity index (χ0) is 20.9. The molecule has 3 rings (SSSR count). The van der Waals surface area contributed by atoms with Gasteiger partial charge in [0, 0.05) is 17.7 Å². The number of carbonyl (C=O) groups excluding carboxylic acids is 1. The summed E-state index contributed by atoms with van der Waals surface area (Å²) in [6, 6.07) is 11.2. The molecule has 0 spiro atoms. The normalized spacial score (nSPS) is 11.3. The van der Waals surface area contributed by atoms with Crippen LogP contribution < -0.4 is 10.1 Å². The first-order valence-corrected chi connectivity index (χ1v) is 9.23. The van der Waals surface area contributed by atoms with Crippen LogP contribution in [0.15, 0.2) is 64.4 Å². The summed E-state index contributed by atoms with van der Waals surface area (Å²) in [5.74, 6) is -0.790. The number of benzene rings is 2. The van der Waals surface area contributed by atoms with E-state index >= 15 is 0 Å². The van der Waals surface area contributed by atoms with E-state index in [4.69, 9.17) is 4.42 Å². The predicted octanol–water partition coefficient (Wildman–Crippen LogP) is 4.79. The van der Waals surface area contributed by atoms with Gasteiger partial charge >= 0.3 is 6.36 Å². The number of hydrogen-bond donors (Lipinski definition) is 1. The number of halogens is 4. The van der Waals surface area contributed by atoms with Crippen LogP contribution in [0.1, 0.15) is 5.56 Å². The van der Waals surface area contributed by atoms with Crippen LogP contribution in [0.5, 0.6) is 5.75 Å². The van der Waals surface area contributed by atoms with Crippen LogP contribution in [-0.2, 0) is 11.3 Å². The lowest BCUT2D eigenvalue weighted by Crippen LogP contribution is -2.25. The summed E-state index contributed by atoms with van der Waals surface area (Å²) >= 11 is 1.02. The Balaban J connectivity index is 1.52. The summed E-state index contributed by atoms with van der Waals surface area (Å²) in [5.41, 5.74) is 0.828. The summed E-state index contributed by atoms with van der Waals surface area (Å²) in [7, 11) is 0. The highest BCUT2D eigenvalue weighted by molar-refractivity contribution is 7.99. The quantitative estimate of drug-likeness (QED) is 0.435. The lowest BCUT2D eigenvalue weighted by molar-refractivity contribution is -0.274. The van der Waals surface area contributed by atoms with Crippen LogP contribution in [-0.4, -0.2) is 23.0 Å². The van der Waals surface area contributed by atoms with E-state index in [1.807, 2.05) is 0 Å².